The summed E-state index contributed by atoms with van der Waals surface area (Å²) in [6.07, 6.45) is 1.12. The Morgan fingerprint density at radius 1 is 1.26 bits per heavy atom. The van der Waals surface area contributed by atoms with E-state index in [0.29, 0.717) is 6.04 Å². The fraction of sp³-hybridized carbons (Fsp3) is 0.267. The number of hydrogen-bond acceptors (Lipinski definition) is 4. The lowest BCUT2D eigenvalue weighted by Crippen LogP contribution is -2.13. The number of fused-ring (bicyclic) bond motifs is 1. The maximum atomic E-state index is 4.33. The maximum Gasteiger partial charge on any atom is 0.0812 e. The van der Waals surface area contributed by atoms with E-state index in [1.54, 1.807) is 11.3 Å². The second-order valence-corrected chi connectivity index (χ2v) is 6.49. The third-order valence-electron chi connectivity index (χ3n) is 3.34. The minimum atomic E-state index is 0.464. The fourth-order valence-corrected chi connectivity index (χ4v) is 4.17. The molecule has 0 aliphatic carbocycles. The molecule has 19 heavy (non-hydrogen) atoms. The van der Waals surface area contributed by atoms with E-state index in [1.165, 1.54) is 20.0 Å². The van der Waals surface area contributed by atoms with Crippen LogP contribution in [0.4, 0.5) is 0 Å². The number of rotatable bonds is 4. The molecule has 0 saturated carbocycles. The van der Waals surface area contributed by atoms with Crippen molar-refractivity contribution in [2.45, 2.75) is 19.4 Å². The van der Waals surface area contributed by atoms with E-state index in [1.807, 2.05) is 23.9 Å². The monoisotopic (exact) mass is 288 g/mol. The molecule has 0 bridgehead atoms. The van der Waals surface area contributed by atoms with E-state index in [-0.39, 0.29) is 0 Å². The highest BCUT2D eigenvalue weighted by atomic mass is 32.1. The first-order chi connectivity index (χ1) is 9.31. The van der Waals surface area contributed by atoms with Gasteiger partial charge in [-0.2, -0.15) is 0 Å². The molecule has 3 aromatic rings. The molecule has 0 fully saturated rings. The summed E-state index contributed by atoms with van der Waals surface area (Å²) in [7, 11) is 2.02. The Balaban J connectivity index is 1.97. The molecule has 0 aliphatic heterocycles. The van der Waals surface area contributed by atoms with Gasteiger partial charge in [0.05, 0.1) is 15.7 Å². The third-order valence-corrected chi connectivity index (χ3v) is 5.38. The fourth-order valence-electron chi connectivity index (χ4n) is 2.25. The molecule has 2 nitrogen and oxygen atoms in total. The van der Waals surface area contributed by atoms with Crippen molar-refractivity contribution in [2.24, 2.45) is 0 Å². The van der Waals surface area contributed by atoms with Crippen LogP contribution in [0.25, 0.3) is 20.7 Å². The topological polar surface area (TPSA) is 24.9 Å². The predicted octanol–water partition coefficient (Wildman–Crippen LogP) is 4.70. The second-order valence-electron chi connectivity index (χ2n) is 4.49. The molecular formula is C15H16N2S2. The van der Waals surface area contributed by atoms with Crippen LogP contribution in [0.3, 0.4) is 0 Å². The summed E-state index contributed by atoms with van der Waals surface area (Å²) in [5.41, 5.74) is 4.29. The molecule has 1 aromatic carbocycles. The van der Waals surface area contributed by atoms with E-state index >= 15 is 0 Å². The molecule has 1 atom stereocenters. The van der Waals surface area contributed by atoms with Crippen LogP contribution < -0.4 is 5.32 Å². The largest absolute Gasteiger partial charge is 0.312 e. The van der Waals surface area contributed by atoms with Crippen molar-refractivity contribution in [1.82, 2.24) is 10.3 Å². The summed E-state index contributed by atoms with van der Waals surface area (Å²) in [5.74, 6) is 0. The average Bonchev–Trinajstić information content (AvgIpc) is 3.08. The maximum absolute atomic E-state index is 4.33. The molecule has 0 radical (unpaired) electrons. The van der Waals surface area contributed by atoms with Crippen molar-refractivity contribution in [3.63, 3.8) is 0 Å². The quantitative estimate of drug-likeness (QED) is 0.753. The van der Waals surface area contributed by atoms with Gasteiger partial charge in [0.2, 0.25) is 0 Å². The highest BCUT2D eigenvalue weighted by molar-refractivity contribution is 7.17. The van der Waals surface area contributed by atoms with Crippen LogP contribution in [0.1, 0.15) is 24.3 Å². The molecule has 0 amide bonds. The molecule has 0 aliphatic rings. The lowest BCUT2D eigenvalue weighted by Gasteiger charge is -2.10. The summed E-state index contributed by atoms with van der Waals surface area (Å²) in [6, 6.07) is 11.4. The second kappa shape index (κ2) is 5.41. The number of benzene rings is 1. The molecule has 0 spiro atoms. The zero-order chi connectivity index (χ0) is 13.2. The van der Waals surface area contributed by atoms with Crippen molar-refractivity contribution < 1.29 is 0 Å². The van der Waals surface area contributed by atoms with Crippen LogP contribution in [-0.2, 0) is 0 Å². The molecule has 4 heteroatoms. The van der Waals surface area contributed by atoms with Crippen molar-refractivity contribution >= 4 is 32.9 Å². The van der Waals surface area contributed by atoms with E-state index in [0.717, 1.165) is 11.9 Å². The van der Waals surface area contributed by atoms with Crippen LogP contribution in [0, 0.1) is 0 Å². The Morgan fingerprint density at radius 2 is 2.16 bits per heavy atom. The molecule has 3 rings (SSSR count). The van der Waals surface area contributed by atoms with Gasteiger partial charge < -0.3 is 5.32 Å². The minimum absolute atomic E-state index is 0.464. The molecular weight excluding hydrogens is 272 g/mol. The SMILES string of the molecule is CCC(NC)c1ccc(-c2ccc3ncsc3c2)s1. The summed E-state index contributed by atoms with van der Waals surface area (Å²) >= 11 is 3.58. The van der Waals surface area contributed by atoms with Crippen LogP contribution in [-0.4, -0.2) is 12.0 Å². The Labute approximate surface area is 121 Å². The predicted molar refractivity (Wildman–Crippen MR) is 85.0 cm³/mol. The highest BCUT2D eigenvalue weighted by Crippen LogP contribution is 2.34. The van der Waals surface area contributed by atoms with Crippen molar-refractivity contribution in [3.05, 3.63) is 40.7 Å². The normalized spacial score (nSPS) is 12.9. The molecule has 2 aromatic heterocycles. The Kier molecular flexibility index (Phi) is 3.64. The van der Waals surface area contributed by atoms with E-state index in [9.17, 15) is 0 Å². The smallest absolute Gasteiger partial charge is 0.0812 e. The van der Waals surface area contributed by atoms with Gasteiger partial charge in [0, 0.05) is 15.8 Å². The van der Waals surface area contributed by atoms with Crippen LogP contribution in [0.15, 0.2) is 35.8 Å². The van der Waals surface area contributed by atoms with Gasteiger partial charge in [0.1, 0.15) is 0 Å². The summed E-state index contributed by atoms with van der Waals surface area (Å²) in [5, 5.41) is 3.36. The number of thiophene rings is 1. The first-order valence-electron chi connectivity index (χ1n) is 6.42. The minimum Gasteiger partial charge on any atom is -0.312 e. The Bertz CT molecular complexity index is 680. The van der Waals surface area contributed by atoms with Gasteiger partial charge in [-0.1, -0.05) is 13.0 Å². The van der Waals surface area contributed by atoms with Gasteiger partial charge in [0.15, 0.2) is 0 Å². The van der Waals surface area contributed by atoms with Gasteiger partial charge in [-0.25, -0.2) is 4.98 Å². The van der Waals surface area contributed by atoms with Gasteiger partial charge in [-0.05, 0) is 43.3 Å². The van der Waals surface area contributed by atoms with Crippen LogP contribution in [0.2, 0.25) is 0 Å². The molecule has 1 N–H and O–H groups in total. The molecule has 0 saturated heterocycles. The molecule has 2 heterocycles. The van der Waals surface area contributed by atoms with Gasteiger partial charge in [-0.15, -0.1) is 22.7 Å². The first-order valence-corrected chi connectivity index (χ1v) is 8.12. The van der Waals surface area contributed by atoms with Gasteiger partial charge in [0.25, 0.3) is 0 Å². The van der Waals surface area contributed by atoms with Crippen molar-refractivity contribution in [3.8, 4) is 10.4 Å². The summed E-state index contributed by atoms with van der Waals surface area (Å²) < 4.78 is 1.26. The van der Waals surface area contributed by atoms with E-state index in [2.05, 4.69) is 47.6 Å². The Morgan fingerprint density at radius 3 is 2.95 bits per heavy atom. The number of nitrogens with zero attached hydrogens (tertiary/aromatic N) is 1. The van der Waals surface area contributed by atoms with Gasteiger partial charge >= 0.3 is 0 Å². The highest BCUT2D eigenvalue weighted by Gasteiger charge is 2.11. The number of nitrogens with one attached hydrogen (secondary N) is 1. The molecule has 98 valence electrons. The Hall–Kier alpha value is -1.23. The number of hydrogen-bond donors (Lipinski definition) is 1. The lowest BCUT2D eigenvalue weighted by atomic mass is 10.1. The zero-order valence-electron chi connectivity index (χ0n) is 11.0. The zero-order valence-corrected chi connectivity index (χ0v) is 12.6. The average molecular weight is 288 g/mol. The van der Waals surface area contributed by atoms with Crippen LogP contribution in [0.5, 0.6) is 0 Å². The van der Waals surface area contributed by atoms with Crippen molar-refractivity contribution in [1.29, 1.82) is 0 Å². The summed E-state index contributed by atoms with van der Waals surface area (Å²) in [6.45, 7) is 2.21. The third kappa shape index (κ3) is 2.43. The first kappa shape index (κ1) is 12.8. The summed E-state index contributed by atoms with van der Waals surface area (Å²) in [4.78, 5) is 7.06. The number of aromatic nitrogens is 1. The standard InChI is InChI=1S/C15H16N2S2/c1-3-11(16-2)14-7-6-13(19-14)10-4-5-12-15(8-10)18-9-17-12/h4-9,11,16H,3H2,1-2H3. The van der Waals surface area contributed by atoms with Gasteiger partial charge in [-0.3, -0.25) is 0 Å². The van der Waals surface area contributed by atoms with Crippen molar-refractivity contribution in [2.75, 3.05) is 7.05 Å². The van der Waals surface area contributed by atoms with E-state index < -0.39 is 0 Å². The van der Waals surface area contributed by atoms with Crippen LogP contribution >= 0.6 is 22.7 Å². The molecule has 1 unspecified atom stereocenters. The lowest BCUT2D eigenvalue weighted by molar-refractivity contribution is 0.586. The van der Waals surface area contributed by atoms with E-state index in [4.69, 9.17) is 0 Å². The number of thiazole rings is 1.